The average Bonchev–Trinajstić information content (AvgIpc) is 3.64. The van der Waals surface area contributed by atoms with E-state index in [2.05, 4.69) is 46.6 Å². The van der Waals surface area contributed by atoms with Crippen LogP contribution in [0, 0.1) is 19.0 Å². The van der Waals surface area contributed by atoms with E-state index < -0.39 is 5.13 Å². The van der Waals surface area contributed by atoms with Gasteiger partial charge in [-0.2, -0.15) is 14.6 Å². The molecule has 1 fully saturated rings. The van der Waals surface area contributed by atoms with Crippen molar-refractivity contribution in [2.24, 2.45) is 30.7 Å². The first-order chi connectivity index (χ1) is 17.5. The van der Waals surface area contributed by atoms with Gasteiger partial charge in [0.05, 0.1) is 33.9 Å². The Morgan fingerprint density at radius 2 is 1.39 bits per heavy atom. The number of hydrogen-bond acceptors (Lipinski definition) is 10. The minimum absolute atomic E-state index is 0.274. The lowest BCUT2D eigenvalue weighted by Gasteiger charge is -2.13. The van der Waals surface area contributed by atoms with Crippen molar-refractivity contribution >= 4 is 60.6 Å². The van der Waals surface area contributed by atoms with Crippen molar-refractivity contribution in [2.45, 2.75) is 26.7 Å². The molecule has 36 heavy (non-hydrogen) atoms. The molecular formula is C25H23FN8S2. The summed E-state index contributed by atoms with van der Waals surface area (Å²) >= 11 is 2.51. The third kappa shape index (κ3) is 5.92. The maximum absolute atomic E-state index is 13.0. The fourth-order valence-electron chi connectivity index (χ4n) is 3.71. The van der Waals surface area contributed by atoms with Crippen LogP contribution in [0.15, 0.2) is 85.4 Å². The van der Waals surface area contributed by atoms with Gasteiger partial charge in [-0.05, 0) is 86.3 Å². The van der Waals surface area contributed by atoms with Gasteiger partial charge in [0.1, 0.15) is 5.00 Å². The first-order valence-corrected chi connectivity index (χ1v) is 13.1. The van der Waals surface area contributed by atoms with Crippen molar-refractivity contribution in [2.75, 3.05) is 18.0 Å². The highest BCUT2D eigenvalue weighted by Crippen LogP contribution is 2.35. The Hall–Kier alpha value is -3.70. The second-order valence-electron chi connectivity index (χ2n) is 8.29. The number of aromatic nitrogens is 1. The molecule has 3 heterocycles. The fourth-order valence-corrected chi connectivity index (χ4v) is 5.06. The zero-order valence-electron chi connectivity index (χ0n) is 19.8. The van der Waals surface area contributed by atoms with Crippen molar-refractivity contribution in [1.82, 2.24) is 4.98 Å². The van der Waals surface area contributed by atoms with E-state index in [9.17, 15) is 4.39 Å². The molecule has 1 saturated heterocycles. The van der Waals surface area contributed by atoms with E-state index in [1.807, 2.05) is 50.2 Å². The Morgan fingerprint density at radius 1 is 0.750 bits per heavy atom. The van der Waals surface area contributed by atoms with E-state index in [0.29, 0.717) is 11.4 Å². The maximum atomic E-state index is 13.0. The largest absolute Gasteiger partial charge is 0.363 e. The number of halogens is 1. The molecule has 5 rings (SSSR count). The lowest BCUT2D eigenvalue weighted by molar-refractivity contribution is 0.653. The summed E-state index contributed by atoms with van der Waals surface area (Å²) < 4.78 is 13.0. The molecule has 0 unspecified atom stereocenters. The first kappa shape index (κ1) is 24.0. The van der Waals surface area contributed by atoms with Crippen LogP contribution in [0.25, 0.3) is 0 Å². The number of nitrogens with zero attached hydrogens (tertiary/aromatic N) is 8. The molecular weight excluding hydrogens is 495 g/mol. The van der Waals surface area contributed by atoms with Crippen LogP contribution in [0.5, 0.6) is 0 Å². The second-order valence-corrected chi connectivity index (χ2v) is 10.3. The predicted molar refractivity (Wildman–Crippen MR) is 143 cm³/mol. The minimum atomic E-state index is -0.392. The van der Waals surface area contributed by atoms with Crippen LogP contribution in [0.1, 0.15) is 24.0 Å². The summed E-state index contributed by atoms with van der Waals surface area (Å²) in [6.07, 6.45) is 3.64. The summed E-state index contributed by atoms with van der Waals surface area (Å²) in [6, 6.07) is 15.3. The molecule has 11 heteroatoms. The van der Waals surface area contributed by atoms with Crippen molar-refractivity contribution in [3.63, 3.8) is 0 Å². The standard InChI is InChI=1S/C25H23FN8S2/c1-16-14-19(29-32-23-9-10-24(36-23)34-11-3-4-12-34)6-7-20(16)30-28-18-5-8-21(17(2)13-18)31-33-25-27-15-22(26)35-25/h5-10,13-15H,3-4,11-12H2,1-2H3/b30-28+,32-29+,33-31+. The van der Waals surface area contributed by atoms with E-state index in [-0.39, 0.29) is 5.13 Å². The molecule has 0 saturated carbocycles. The average molecular weight is 519 g/mol. The SMILES string of the molecule is Cc1cc(/N=N/c2ccc(N3CCCC3)s2)ccc1/N=N/c1ccc(/N=N/c2ncc(F)s2)c(C)c1. The van der Waals surface area contributed by atoms with E-state index >= 15 is 0 Å². The Morgan fingerprint density at radius 3 is 2.00 bits per heavy atom. The number of hydrogen-bond donors (Lipinski definition) is 0. The van der Waals surface area contributed by atoms with Crippen LogP contribution in [0.2, 0.25) is 0 Å². The number of benzene rings is 2. The van der Waals surface area contributed by atoms with Crippen LogP contribution in [-0.2, 0) is 0 Å². The molecule has 2 aromatic heterocycles. The third-order valence-corrected chi connectivity index (χ3v) is 7.30. The number of rotatable bonds is 7. The van der Waals surface area contributed by atoms with Gasteiger partial charge < -0.3 is 4.90 Å². The van der Waals surface area contributed by atoms with Crippen molar-refractivity contribution in [1.29, 1.82) is 0 Å². The number of thiophene rings is 1. The number of thiazole rings is 1. The highest BCUT2D eigenvalue weighted by Gasteiger charge is 2.14. The quantitative estimate of drug-likeness (QED) is 0.228. The van der Waals surface area contributed by atoms with Gasteiger partial charge in [-0.1, -0.05) is 22.7 Å². The monoisotopic (exact) mass is 518 g/mol. The van der Waals surface area contributed by atoms with Gasteiger partial charge >= 0.3 is 0 Å². The molecule has 0 atom stereocenters. The number of aryl methyl sites for hydroxylation is 2. The maximum Gasteiger partial charge on any atom is 0.232 e. The van der Waals surface area contributed by atoms with Crippen molar-refractivity contribution < 1.29 is 4.39 Å². The second kappa shape index (κ2) is 10.9. The molecule has 1 aliphatic rings. The summed E-state index contributed by atoms with van der Waals surface area (Å²) in [5.41, 5.74) is 4.72. The smallest absolute Gasteiger partial charge is 0.232 e. The van der Waals surface area contributed by atoms with Gasteiger partial charge in [-0.3, -0.25) is 0 Å². The van der Waals surface area contributed by atoms with Crippen molar-refractivity contribution in [3.8, 4) is 0 Å². The fraction of sp³-hybridized carbons (Fsp3) is 0.240. The van der Waals surface area contributed by atoms with Gasteiger partial charge in [-0.25, -0.2) is 4.98 Å². The van der Waals surface area contributed by atoms with Gasteiger partial charge in [0, 0.05) is 13.1 Å². The van der Waals surface area contributed by atoms with Crippen LogP contribution in [0.3, 0.4) is 0 Å². The zero-order chi connectivity index (χ0) is 24.9. The lowest BCUT2D eigenvalue weighted by Crippen LogP contribution is -2.15. The molecule has 8 nitrogen and oxygen atoms in total. The third-order valence-electron chi connectivity index (χ3n) is 5.60. The summed E-state index contributed by atoms with van der Waals surface area (Å²) in [5.74, 6) is 0. The molecule has 2 aromatic carbocycles. The van der Waals surface area contributed by atoms with Crippen LogP contribution in [-0.4, -0.2) is 18.1 Å². The molecule has 0 bridgehead atoms. The van der Waals surface area contributed by atoms with E-state index in [4.69, 9.17) is 0 Å². The summed E-state index contributed by atoms with van der Waals surface area (Å²) in [5, 5.41) is 27.7. The molecule has 182 valence electrons. The van der Waals surface area contributed by atoms with E-state index in [1.165, 1.54) is 17.8 Å². The van der Waals surface area contributed by atoms with E-state index in [0.717, 1.165) is 58.1 Å². The van der Waals surface area contributed by atoms with Gasteiger partial charge in [-0.15, -0.1) is 20.5 Å². The molecule has 4 aromatic rings. The summed E-state index contributed by atoms with van der Waals surface area (Å²) in [6.45, 7) is 6.12. The summed E-state index contributed by atoms with van der Waals surface area (Å²) in [4.78, 5) is 6.23. The predicted octanol–water partition coefficient (Wildman–Crippen LogP) is 9.81. The topological polar surface area (TPSA) is 90.3 Å². The highest BCUT2D eigenvalue weighted by molar-refractivity contribution is 7.19. The van der Waals surface area contributed by atoms with Gasteiger partial charge in [0.2, 0.25) is 5.13 Å². The zero-order valence-corrected chi connectivity index (χ0v) is 21.4. The van der Waals surface area contributed by atoms with Gasteiger partial charge in [0.25, 0.3) is 0 Å². The van der Waals surface area contributed by atoms with Gasteiger partial charge in [0.15, 0.2) is 5.13 Å². The lowest BCUT2D eigenvalue weighted by atomic mass is 10.2. The molecule has 0 spiro atoms. The Kier molecular flexibility index (Phi) is 7.28. The van der Waals surface area contributed by atoms with Crippen molar-refractivity contribution in [3.05, 3.63) is 71.0 Å². The summed E-state index contributed by atoms with van der Waals surface area (Å²) in [7, 11) is 0. The Bertz CT molecular complexity index is 1450. The number of anilines is 1. The highest BCUT2D eigenvalue weighted by atomic mass is 32.1. The molecule has 1 aliphatic heterocycles. The molecule has 0 aliphatic carbocycles. The first-order valence-electron chi connectivity index (χ1n) is 11.5. The van der Waals surface area contributed by atoms with Crippen LogP contribution in [0.4, 0.5) is 42.3 Å². The van der Waals surface area contributed by atoms with Crippen LogP contribution < -0.4 is 4.90 Å². The Balaban J connectivity index is 1.23. The normalized spacial score (nSPS) is 14.2. The molecule has 0 N–H and O–H groups in total. The van der Waals surface area contributed by atoms with Crippen LogP contribution >= 0.6 is 22.7 Å². The van der Waals surface area contributed by atoms with E-state index in [1.54, 1.807) is 17.4 Å². The number of azo groups is 3. The Labute approximate surface area is 216 Å². The minimum Gasteiger partial charge on any atom is -0.363 e. The molecule has 0 radical (unpaired) electrons. The molecule has 0 amide bonds.